The molecule has 0 bridgehead atoms. The van der Waals surface area contributed by atoms with Gasteiger partial charge in [0.2, 0.25) is 0 Å². The lowest BCUT2D eigenvalue weighted by Gasteiger charge is -2.08. The Morgan fingerprint density at radius 2 is 2.24 bits per heavy atom. The number of nitrogens with two attached hydrogens (primary N) is 1. The summed E-state index contributed by atoms with van der Waals surface area (Å²) < 4.78 is 6.02. The van der Waals surface area contributed by atoms with Crippen LogP contribution in [0.3, 0.4) is 0 Å². The zero-order valence-corrected chi connectivity index (χ0v) is 11.2. The van der Waals surface area contributed by atoms with Gasteiger partial charge in [0.05, 0.1) is 6.61 Å². The van der Waals surface area contributed by atoms with Crippen molar-refractivity contribution in [2.24, 2.45) is 0 Å². The van der Waals surface area contributed by atoms with Gasteiger partial charge in [0.15, 0.2) is 0 Å². The van der Waals surface area contributed by atoms with Gasteiger partial charge in [-0.1, -0.05) is 22.5 Å². The van der Waals surface area contributed by atoms with Crippen LogP contribution in [0.5, 0.6) is 5.75 Å². The summed E-state index contributed by atoms with van der Waals surface area (Å²) in [7, 11) is 0. The number of anilines is 1. The number of benzene rings is 1. The van der Waals surface area contributed by atoms with E-state index >= 15 is 0 Å². The van der Waals surface area contributed by atoms with Crippen LogP contribution in [0.15, 0.2) is 29.3 Å². The van der Waals surface area contributed by atoms with Crippen LogP contribution < -0.4 is 15.8 Å². The van der Waals surface area contributed by atoms with Crippen LogP contribution in [0.25, 0.3) is 0 Å². The van der Waals surface area contributed by atoms with Gasteiger partial charge in [0, 0.05) is 28.3 Å². The van der Waals surface area contributed by atoms with E-state index in [1.807, 2.05) is 6.92 Å². The molecule has 0 heterocycles. The quantitative estimate of drug-likeness (QED) is 0.820. The third-order valence-corrected chi connectivity index (χ3v) is 2.22. The summed E-state index contributed by atoms with van der Waals surface area (Å²) in [4.78, 5) is 11.8. The van der Waals surface area contributed by atoms with Gasteiger partial charge < -0.3 is 15.8 Å². The molecular formula is C12H15BrN2O2. The van der Waals surface area contributed by atoms with E-state index in [0.29, 0.717) is 34.6 Å². The van der Waals surface area contributed by atoms with E-state index < -0.39 is 0 Å². The second-order valence-electron chi connectivity index (χ2n) is 3.42. The van der Waals surface area contributed by atoms with Crippen LogP contribution in [-0.4, -0.2) is 19.1 Å². The molecule has 0 aliphatic heterocycles. The number of amides is 1. The van der Waals surface area contributed by atoms with E-state index in [0.717, 1.165) is 0 Å². The lowest BCUT2D eigenvalue weighted by molar-refractivity contribution is 0.0957. The monoisotopic (exact) mass is 298 g/mol. The third-order valence-electron chi connectivity index (χ3n) is 1.94. The summed E-state index contributed by atoms with van der Waals surface area (Å²) in [6, 6.07) is 4.95. The Morgan fingerprint density at radius 3 is 2.82 bits per heavy atom. The minimum atomic E-state index is -0.209. The summed E-state index contributed by atoms with van der Waals surface area (Å²) in [5.74, 6) is 0.383. The topological polar surface area (TPSA) is 64.4 Å². The van der Waals surface area contributed by atoms with E-state index in [2.05, 4.69) is 27.8 Å². The molecule has 0 atom stereocenters. The number of carbonyl (C=O) groups is 1. The van der Waals surface area contributed by atoms with Gasteiger partial charge in [-0.15, -0.1) is 0 Å². The minimum Gasteiger partial charge on any atom is -0.494 e. The molecule has 1 amide bonds. The van der Waals surface area contributed by atoms with Gasteiger partial charge in [-0.25, -0.2) is 0 Å². The first-order valence-electron chi connectivity index (χ1n) is 5.17. The molecule has 1 aromatic carbocycles. The average Bonchev–Trinajstić information content (AvgIpc) is 2.25. The minimum absolute atomic E-state index is 0.209. The van der Waals surface area contributed by atoms with Gasteiger partial charge in [0.25, 0.3) is 5.91 Å². The van der Waals surface area contributed by atoms with Crippen LogP contribution in [-0.2, 0) is 0 Å². The fourth-order valence-electron chi connectivity index (χ4n) is 1.28. The summed E-state index contributed by atoms with van der Waals surface area (Å²) >= 11 is 3.17. The number of hydrogen-bond acceptors (Lipinski definition) is 3. The van der Waals surface area contributed by atoms with Crippen LogP contribution in [0.4, 0.5) is 5.69 Å². The molecule has 1 rings (SSSR count). The highest BCUT2D eigenvalue weighted by atomic mass is 79.9. The van der Waals surface area contributed by atoms with E-state index in [1.165, 1.54) is 0 Å². The molecule has 0 aromatic heterocycles. The molecule has 0 aliphatic rings. The third kappa shape index (κ3) is 4.48. The highest BCUT2D eigenvalue weighted by molar-refractivity contribution is 9.11. The summed E-state index contributed by atoms with van der Waals surface area (Å²) in [5.41, 5.74) is 6.67. The Hall–Kier alpha value is -1.49. The van der Waals surface area contributed by atoms with Crippen molar-refractivity contribution in [3.8, 4) is 5.75 Å². The molecule has 1 aromatic rings. The summed E-state index contributed by atoms with van der Waals surface area (Å²) in [6.45, 7) is 6.41. The van der Waals surface area contributed by atoms with Crippen molar-refractivity contribution in [2.45, 2.75) is 6.92 Å². The van der Waals surface area contributed by atoms with E-state index in [9.17, 15) is 4.79 Å². The number of ether oxygens (including phenoxy) is 1. The maximum absolute atomic E-state index is 11.8. The van der Waals surface area contributed by atoms with Crippen LogP contribution >= 0.6 is 15.9 Å². The van der Waals surface area contributed by atoms with Gasteiger partial charge >= 0.3 is 0 Å². The first-order chi connectivity index (χ1) is 8.02. The van der Waals surface area contributed by atoms with Crippen molar-refractivity contribution in [3.05, 3.63) is 34.8 Å². The van der Waals surface area contributed by atoms with Crippen molar-refractivity contribution in [1.29, 1.82) is 0 Å². The number of nitrogens with one attached hydrogen (secondary N) is 1. The molecule has 0 spiro atoms. The zero-order valence-electron chi connectivity index (χ0n) is 9.63. The first kappa shape index (κ1) is 13.6. The number of hydrogen-bond donors (Lipinski definition) is 2. The number of carbonyl (C=O) groups excluding carboxylic acids is 1. The second kappa shape index (κ2) is 6.30. The summed E-state index contributed by atoms with van der Waals surface area (Å²) in [6.07, 6.45) is 0. The summed E-state index contributed by atoms with van der Waals surface area (Å²) in [5, 5.41) is 2.70. The van der Waals surface area contributed by atoms with Gasteiger partial charge in [0.1, 0.15) is 5.75 Å². The second-order valence-corrected chi connectivity index (χ2v) is 4.55. The zero-order chi connectivity index (χ0) is 12.8. The van der Waals surface area contributed by atoms with Crippen molar-refractivity contribution in [1.82, 2.24) is 5.32 Å². The predicted molar refractivity (Wildman–Crippen MR) is 72.4 cm³/mol. The largest absolute Gasteiger partial charge is 0.494 e. The highest BCUT2D eigenvalue weighted by Crippen LogP contribution is 2.19. The highest BCUT2D eigenvalue weighted by Gasteiger charge is 2.08. The van der Waals surface area contributed by atoms with E-state index in [1.54, 1.807) is 18.2 Å². The molecule has 0 fully saturated rings. The molecule has 0 unspecified atom stereocenters. The Labute approximate surface area is 109 Å². The SMILES string of the molecule is C=C(Br)CNC(=O)c1cc(N)cc(OCC)c1. The van der Waals surface area contributed by atoms with Crippen molar-refractivity contribution >= 4 is 27.5 Å². The number of halogens is 1. The Kier molecular flexibility index (Phi) is 5.03. The van der Waals surface area contributed by atoms with Gasteiger partial charge in [-0.3, -0.25) is 4.79 Å². The fraction of sp³-hybridized carbons (Fsp3) is 0.250. The maximum atomic E-state index is 11.8. The molecule has 0 saturated heterocycles. The molecule has 0 radical (unpaired) electrons. The predicted octanol–water partition coefficient (Wildman–Crippen LogP) is 2.31. The molecular weight excluding hydrogens is 284 g/mol. The van der Waals surface area contributed by atoms with E-state index in [4.69, 9.17) is 10.5 Å². The molecule has 5 heteroatoms. The Bertz CT molecular complexity index is 433. The average molecular weight is 299 g/mol. The Morgan fingerprint density at radius 1 is 1.53 bits per heavy atom. The fourth-order valence-corrected chi connectivity index (χ4v) is 1.42. The Balaban J connectivity index is 2.81. The molecule has 92 valence electrons. The van der Waals surface area contributed by atoms with Crippen molar-refractivity contribution in [3.63, 3.8) is 0 Å². The first-order valence-corrected chi connectivity index (χ1v) is 5.97. The molecule has 4 nitrogen and oxygen atoms in total. The maximum Gasteiger partial charge on any atom is 0.251 e. The van der Waals surface area contributed by atoms with Crippen molar-refractivity contribution in [2.75, 3.05) is 18.9 Å². The standard InChI is InChI=1S/C12H15BrN2O2/c1-3-17-11-5-9(4-10(14)6-11)12(16)15-7-8(2)13/h4-6H,2-3,7,14H2,1H3,(H,15,16). The number of nitrogen functional groups attached to an aromatic ring is 1. The lowest BCUT2D eigenvalue weighted by atomic mass is 10.1. The normalized spacial score (nSPS) is 9.76. The van der Waals surface area contributed by atoms with E-state index in [-0.39, 0.29) is 5.91 Å². The van der Waals surface area contributed by atoms with Gasteiger partial charge in [-0.2, -0.15) is 0 Å². The van der Waals surface area contributed by atoms with Gasteiger partial charge in [-0.05, 0) is 19.1 Å². The molecule has 3 N–H and O–H groups in total. The van der Waals surface area contributed by atoms with Crippen LogP contribution in [0.1, 0.15) is 17.3 Å². The van der Waals surface area contributed by atoms with Crippen LogP contribution in [0, 0.1) is 0 Å². The number of rotatable bonds is 5. The molecule has 17 heavy (non-hydrogen) atoms. The smallest absolute Gasteiger partial charge is 0.251 e. The van der Waals surface area contributed by atoms with Crippen molar-refractivity contribution < 1.29 is 9.53 Å². The molecule has 0 aliphatic carbocycles. The van der Waals surface area contributed by atoms with Crippen LogP contribution in [0.2, 0.25) is 0 Å². The lowest BCUT2D eigenvalue weighted by Crippen LogP contribution is -2.24. The molecule has 0 saturated carbocycles.